The molecule has 7 heteroatoms. The molecule has 26 heavy (non-hydrogen) atoms. The molecule has 0 atom stereocenters. The standard InChI is InChI=1S/C19H16Cl2N4O/c1-24-18(15-7-2-3-9-22-15)12-8-10-25(11-16(12)23-24)19(26)13-5-4-6-14(20)17(13)21/h2-7,9H,8,10-11H2,1H3. The van der Waals surface area contributed by atoms with Crippen LogP contribution in [0.15, 0.2) is 42.6 Å². The smallest absolute Gasteiger partial charge is 0.255 e. The SMILES string of the molecule is Cn1nc2c(c1-c1ccccn1)CCN(C(=O)c1cccc(Cl)c1Cl)C2. The molecular formula is C19H16Cl2N4O. The molecule has 0 unspecified atom stereocenters. The zero-order valence-electron chi connectivity index (χ0n) is 14.1. The van der Waals surface area contributed by atoms with Crippen LogP contribution < -0.4 is 0 Å². The van der Waals surface area contributed by atoms with Gasteiger partial charge in [0, 0.05) is 25.4 Å². The van der Waals surface area contributed by atoms with Crippen molar-refractivity contribution in [2.45, 2.75) is 13.0 Å². The largest absolute Gasteiger partial charge is 0.332 e. The summed E-state index contributed by atoms with van der Waals surface area (Å²) in [6.07, 6.45) is 2.49. The van der Waals surface area contributed by atoms with Gasteiger partial charge in [-0.3, -0.25) is 14.5 Å². The lowest BCUT2D eigenvalue weighted by molar-refractivity contribution is 0.0732. The number of nitrogens with zero attached hydrogens (tertiary/aromatic N) is 4. The Balaban J connectivity index is 1.65. The summed E-state index contributed by atoms with van der Waals surface area (Å²) in [5, 5.41) is 5.29. The number of halogens is 2. The molecule has 1 aliphatic rings. The van der Waals surface area contributed by atoms with Crippen LogP contribution >= 0.6 is 23.2 Å². The van der Waals surface area contributed by atoms with Crippen LogP contribution in [0.3, 0.4) is 0 Å². The van der Waals surface area contributed by atoms with Crippen molar-refractivity contribution in [1.29, 1.82) is 0 Å². The second kappa shape index (κ2) is 6.74. The number of carbonyl (C=O) groups excluding carboxylic acids is 1. The first-order valence-corrected chi connectivity index (χ1v) is 9.01. The number of benzene rings is 1. The van der Waals surface area contributed by atoms with E-state index in [1.165, 1.54) is 0 Å². The minimum absolute atomic E-state index is 0.131. The molecule has 4 rings (SSSR count). The van der Waals surface area contributed by atoms with Crippen molar-refractivity contribution in [1.82, 2.24) is 19.7 Å². The van der Waals surface area contributed by atoms with Crippen molar-refractivity contribution in [3.05, 3.63) is 69.5 Å². The lowest BCUT2D eigenvalue weighted by Gasteiger charge is -2.27. The van der Waals surface area contributed by atoms with Crippen molar-refractivity contribution in [3.63, 3.8) is 0 Å². The Kier molecular flexibility index (Phi) is 4.42. The Labute approximate surface area is 161 Å². The highest BCUT2D eigenvalue weighted by molar-refractivity contribution is 6.43. The summed E-state index contributed by atoms with van der Waals surface area (Å²) in [4.78, 5) is 19.1. The molecule has 0 bridgehead atoms. The predicted octanol–water partition coefficient (Wildman–Crippen LogP) is 3.99. The first kappa shape index (κ1) is 17.1. The number of carbonyl (C=O) groups is 1. The van der Waals surface area contributed by atoms with Crippen molar-refractivity contribution >= 4 is 29.1 Å². The average molecular weight is 387 g/mol. The summed E-state index contributed by atoms with van der Waals surface area (Å²) >= 11 is 12.3. The Bertz CT molecular complexity index is 985. The number of aromatic nitrogens is 3. The van der Waals surface area contributed by atoms with Crippen molar-refractivity contribution < 1.29 is 4.79 Å². The van der Waals surface area contributed by atoms with Crippen molar-refractivity contribution in [3.8, 4) is 11.4 Å². The van der Waals surface area contributed by atoms with Crippen LogP contribution in [0.1, 0.15) is 21.6 Å². The molecule has 1 amide bonds. The second-order valence-electron chi connectivity index (χ2n) is 6.19. The number of aryl methyl sites for hydroxylation is 1. The molecule has 132 valence electrons. The molecule has 1 aliphatic heterocycles. The van der Waals surface area contributed by atoms with Crippen LogP contribution in [0.2, 0.25) is 10.0 Å². The van der Waals surface area contributed by atoms with Crippen LogP contribution in [-0.2, 0) is 20.0 Å². The summed E-state index contributed by atoms with van der Waals surface area (Å²) < 4.78 is 1.84. The Morgan fingerprint density at radius 3 is 2.77 bits per heavy atom. The third kappa shape index (κ3) is 2.87. The number of pyridine rings is 1. The highest BCUT2D eigenvalue weighted by Crippen LogP contribution is 2.31. The van der Waals surface area contributed by atoms with Gasteiger partial charge in [-0.1, -0.05) is 35.3 Å². The fourth-order valence-electron chi connectivity index (χ4n) is 3.36. The number of hydrogen-bond acceptors (Lipinski definition) is 3. The van der Waals surface area contributed by atoms with Gasteiger partial charge in [0.05, 0.1) is 39.2 Å². The molecule has 3 aromatic rings. The Morgan fingerprint density at radius 1 is 1.15 bits per heavy atom. The third-order valence-corrected chi connectivity index (χ3v) is 5.40. The Hall–Kier alpha value is -2.37. The van der Waals surface area contributed by atoms with Crippen molar-refractivity contribution in [2.75, 3.05) is 6.54 Å². The van der Waals surface area contributed by atoms with Gasteiger partial charge in [0.25, 0.3) is 5.91 Å². The van der Waals surface area contributed by atoms with E-state index in [1.807, 2.05) is 29.9 Å². The van der Waals surface area contributed by atoms with Gasteiger partial charge < -0.3 is 4.90 Å². The molecule has 3 heterocycles. The van der Waals surface area contributed by atoms with E-state index in [0.29, 0.717) is 28.7 Å². The normalized spacial score (nSPS) is 13.6. The van der Waals surface area contributed by atoms with Gasteiger partial charge >= 0.3 is 0 Å². The minimum Gasteiger partial charge on any atom is -0.332 e. The molecular weight excluding hydrogens is 371 g/mol. The van der Waals surface area contributed by atoms with E-state index in [1.54, 1.807) is 29.3 Å². The lowest BCUT2D eigenvalue weighted by atomic mass is 10.0. The third-order valence-electron chi connectivity index (χ3n) is 4.58. The summed E-state index contributed by atoms with van der Waals surface area (Å²) in [6, 6.07) is 10.9. The van der Waals surface area contributed by atoms with E-state index >= 15 is 0 Å². The average Bonchev–Trinajstić information content (AvgIpc) is 2.99. The molecule has 0 aliphatic carbocycles. The Morgan fingerprint density at radius 2 is 2.00 bits per heavy atom. The van der Waals surface area contributed by atoms with E-state index < -0.39 is 0 Å². The molecule has 0 N–H and O–H groups in total. The summed E-state index contributed by atoms with van der Waals surface area (Å²) in [5.74, 6) is -0.131. The zero-order chi connectivity index (χ0) is 18.3. The lowest BCUT2D eigenvalue weighted by Crippen LogP contribution is -2.36. The topological polar surface area (TPSA) is 51.0 Å². The van der Waals surface area contributed by atoms with E-state index in [-0.39, 0.29) is 5.91 Å². The van der Waals surface area contributed by atoms with Gasteiger partial charge in [0.15, 0.2) is 0 Å². The van der Waals surface area contributed by atoms with E-state index in [0.717, 1.165) is 29.1 Å². The van der Waals surface area contributed by atoms with E-state index in [9.17, 15) is 4.79 Å². The summed E-state index contributed by atoms with van der Waals surface area (Å²) in [6.45, 7) is 1.04. The van der Waals surface area contributed by atoms with Crippen LogP contribution in [0.5, 0.6) is 0 Å². The molecule has 0 saturated heterocycles. The van der Waals surface area contributed by atoms with Crippen molar-refractivity contribution in [2.24, 2.45) is 7.05 Å². The van der Waals surface area contributed by atoms with Gasteiger partial charge in [-0.2, -0.15) is 5.10 Å². The maximum Gasteiger partial charge on any atom is 0.255 e. The number of rotatable bonds is 2. The molecule has 0 saturated carbocycles. The fourth-order valence-corrected chi connectivity index (χ4v) is 3.74. The molecule has 0 radical (unpaired) electrons. The van der Waals surface area contributed by atoms with Crippen LogP contribution in [0.25, 0.3) is 11.4 Å². The molecule has 5 nitrogen and oxygen atoms in total. The predicted molar refractivity (Wildman–Crippen MR) is 101 cm³/mol. The second-order valence-corrected chi connectivity index (χ2v) is 6.98. The highest BCUT2D eigenvalue weighted by atomic mass is 35.5. The molecule has 0 spiro atoms. The van der Waals surface area contributed by atoms with E-state index in [2.05, 4.69) is 10.1 Å². The summed E-state index contributed by atoms with van der Waals surface area (Å²) in [7, 11) is 1.91. The fraction of sp³-hybridized carbons (Fsp3) is 0.211. The molecule has 0 fully saturated rings. The number of hydrogen-bond donors (Lipinski definition) is 0. The maximum absolute atomic E-state index is 12.9. The van der Waals surface area contributed by atoms with Gasteiger partial charge in [-0.25, -0.2) is 0 Å². The maximum atomic E-state index is 12.9. The number of amides is 1. The monoisotopic (exact) mass is 386 g/mol. The van der Waals surface area contributed by atoms with Gasteiger partial charge in [0.1, 0.15) is 0 Å². The van der Waals surface area contributed by atoms with E-state index in [4.69, 9.17) is 23.2 Å². The van der Waals surface area contributed by atoms with Gasteiger partial charge in [0.2, 0.25) is 0 Å². The van der Waals surface area contributed by atoms with Crippen LogP contribution in [0, 0.1) is 0 Å². The number of fused-ring (bicyclic) bond motifs is 1. The molecule has 1 aromatic carbocycles. The van der Waals surface area contributed by atoms with Gasteiger partial charge in [-0.05, 0) is 30.7 Å². The first-order valence-electron chi connectivity index (χ1n) is 8.25. The first-order chi connectivity index (χ1) is 12.6. The van der Waals surface area contributed by atoms with Crippen LogP contribution in [-0.4, -0.2) is 32.1 Å². The quantitative estimate of drug-likeness (QED) is 0.668. The zero-order valence-corrected chi connectivity index (χ0v) is 15.6. The highest BCUT2D eigenvalue weighted by Gasteiger charge is 2.28. The van der Waals surface area contributed by atoms with Crippen LogP contribution in [0.4, 0.5) is 0 Å². The summed E-state index contributed by atoms with van der Waals surface area (Å²) in [5.41, 5.74) is 4.36. The van der Waals surface area contributed by atoms with Gasteiger partial charge in [-0.15, -0.1) is 0 Å². The minimum atomic E-state index is -0.131. The molecule has 2 aromatic heterocycles.